The average molecular weight is 558 g/mol. The van der Waals surface area contributed by atoms with Crippen LogP contribution >= 0.6 is 0 Å². The summed E-state index contributed by atoms with van der Waals surface area (Å²) in [6.07, 6.45) is -3.12. The molecule has 0 saturated heterocycles. The molecule has 2 aromatic carbocycles. The second-order valence-corrected chi connectivity index (χ2v) is 12.0. The van der Waals surface area contributed by atoms with Gasteiger partial charge in [-0.2, -0.15) is 16.9 Å². The predicted octanol–water partition coefficient (Wildman–Crippen LogP) is 2.82. The molecule has 1 amide bonds. The van der Waals surface area contributed by atoms with Crippen LogP contribution in [0.2, 0.25) is 0 Å². The van der Waals surface area contributed by atoms with Crippen molar-refractivity contribution in [1.29, 1.82) is 0 Å². The van der Waals surface area contributed by atoms with Gasteiger partial charge in [0.15, 0.2) is 0 Å². The van der Waals surface area contributed by atoms with Crippen molar-refractivity contribution in [2.24, 2.45) is 0 Å². The Morgan fingerprint density at radius 3 is 2.08 bits per heavy atom. The van der Waals surface area contributed by atoms with Crippen LogP contribution in [0, 0.1) is 6.92 Å². The molecule has 0 radical (unpaired) electrons. The van der Waals surface area contributed by atoms with Crippen LogP contribution < -0.4 is 14.6 Å². The number of carbonyl (C=O) groups excluding carboxylic acids is 1. The van der Waals surface area contributed by atoms with Gasteiger partial charge in [0, 0.05) is 17.9 Å². The Morgan fingerprint density at radius 1 is 0.946 bits per heavy atom. The van der Waals surface area contributed by atoms with Crippen molar-refractivity contribution in [3.63, 3.8) is 0 Å². The van der Waals surface area contributed by atoms with E-state index in [1.807, 2.05) is 0 Å². The molecule has 9 nitrogen and oxygen atoms in total. The maximum Gasteiger partial charge on any atom is 0.416 e. The number of hydrogen-bond donors (Lipinski definition) is 1. The molecule has 198 valence electrons. The smallest absolute Gasteiger partial charge is 0.348 e. The molecule has 0 unspecified atom stereocenters. The minimum Gasteiger partial charge on any atom is -0.348 e. The first-order valence-electron chi connectivity index (χ1n) is 10.5. The predicted molar refractivity (Wildman–Crippen MR) is 132 cm³/mol. The van der Waals surface area contributed by atoms with Crippen LogP contribution in [-0.2, 0) is 32.8 Å². The van der Waals surface area contributed by atoms with Crippen molar-refractivity contribution in [1.82, 2.24) is 9.88 Å². The lowest BCUT2D eigenvalue weighted by Crippen LogP contribution is -2.35. The Hall–Kier alpha value is -3.65. The maximum atomic E-state index is 13.1. The van der Waals surface area contributed by atoms with Crippen molar-refractivity contribution in [3.8, 4) is 5.69 Å². The summed E-state index contributed by atoms with van der Waals surface area (Å²) in [4.78, 5) is 25.7. The number of aryl methyl sites for hydroxylation is 1. The van der Waals surface area contributed by atoms with Crippen LogP contribution in [0.25, 0.3) is 5.69 Å². The third-order valence-electron chi connectivity index (χ3n) is 5.16. The number of nitrogens with one attached hydrogen (secondary N) is 1. The number of sulfonamides is 2. The van der Waals surface area contributed by atoms with Crippen LogP contribution in [0.3, 0.4) is 0 Å². The summed E-state index contributed by atoms with van der Waals surface area (Å²) >= 11 is 0. The highest BCUT2D eigenvalue weighted by molar-refractivity contribution is 8.09. The summed E-state index contributed by atoms with van der Waals surface area (Å²) in [5.74, 6) is -0.788. The standard InChI is InChI=1S/C23H22F3N3O6S2/c1-15-7-12-20(22(31)28(15)19-6-4-5-17(13-19)23(24,25)26)21(30)27-14-16-8-10-18(11-9-16)29(36(2,32)33)37(3,34)35/h4-13H,14H2,1-3H3,(H,27,30). The average Bonchev–Trinajstić information content (AvgIpc) is 2.76. The van der Waals surface area contributed by atoms with E-state index in [2.05, 4.69) is 5.32 Å². The zero-order valence-electron chi connectivity index (χ0n) is 19.8. The van der Waals surface area contributed by atoms with E-state index in [0.717, 1.165) is 35.3 Å². The number of hydrogen-bond acceptors (Lipinski definition) is 6. The number of benzene rings is 2. The molecule has 0 bridgehead atoms. The highest BCUT2D eigenvalue weighted by Crippen LogP contribution is 2.30. The lowest BCUT2D eigenvalue weighted by Gasteiger charge is -2.20. The van der Waals surface area contributed by atoms with Crippen LogP contribution in [0.15, 0.2) is 65.5 Å². The molecule has 0 saturated carbocycles. The number of aromatic nitrogens is 1. The van der Waals surface area contributed by atoms with Crippen LogP contribution in [0.1, 0.15) is 27.2 Å². The molecule has 0 atom stereocenters. The van der Waals surface area contributed by atoms with Gasteiger partial charge in [-0.1, -0.05) is 18.2 Å². The zero-order valence-corrected chi connectivity index (χ0v) is 21.4. The van der Waals surface area contributed by atoms with E-state index in [4.69, 9.17) is 0 Å². The Bertz CT molecular complexity index is 1580. The van der Waals surface area contributed by atoms with E-state index in [1.165, 1.54) is 49.4 Å². The molecule has 3 aromatic rings. The van der Waals surface area contributed by atoms with Gasteiger partial charge in [0.2, 0.25) is 20.0 Å². The Balaban J connectivity index is 1.85. The number of anilines is 1. The minimum absolute atomic E-state index is 0.0520. The van der Waals surface area contributed by atoms with Gasteiger partial charge >= 0.3 is 6.18 Å². The van der Waals surface area contributed by atoms with Gasteiger partial charge in [-0.15, -0.1) is 0 Å². The summed E-state index contributed by atoms with van der Waals surface area (Å²) in [6, 6.07) is 12.1. The summed E-state index contributed by atoms with van der Waals surface area (Å²) in [6.45, 7) is 1.41. The number of carbonyl (C=O) groups is 1. The fourth-order valence-electron chi connectivity index (χ4n) is 3.59. The van der Waals surface area contributed by atoms with Crippen molar-refractivity contribution >= 4 is 31.6 Å². The quantitative estimate of drug-likeness (QED) is 0.477. The Kier molecular flexibility index (Phi) is 7.56. The molecule has 14 heteroatoms. The highest BCUT2D eigenvalue weighted by atomic mass is 32.3. The second kappa shape index (κ2) is 10.0. The van der Waals surface area contributed by atoms with Crippen LogP contribution in [0.4, 0.5) is 18.9 Å². The van der Waals surface area contributed by atoms with Gasteiger partial charge in [0.05, 0.1) is 23.8 Å². The lowest BCUT2D eigenvalue weighted by atomic mass is 10.1. The van der Waals surface area contributed by atoms with E-state index >= 15 is 0 Å². The summed E-state index contributed by atoms with van der Waals surface area (Å²) in [5.41, 5.74) is -1.46. The first-order valence-corrected chi connectivity index (χ1v) is 14.2. The molecule has 0 aliphatic carbocycles. The van der Waals surface area contributed by atoms with Crippen molar-refractivity contribution in [3.05, 3.63) is 93.4 Å². The molecule has 0 aliphatic rings. The van der Waals surface area contributed by atoms with Gasteiger partial charge in [0.1, 0.15) is 5.56 Å². The number of halogens is 3. The summed E-state index contributed by atoms with van der Waals surface area (Å²) in [5, 5.41) is 2.52. The van der Waals surface area contributed by atoms with Gasteiger partial charge in [-0.05, 0) is 55.0 Å². The number of pyridine rings is 1. The molecule has 1 N–H and O–H groups in total. The van der Waals surface area contributed by atoms with Crippen molar-refractivity contribution in [2.75, 3.05) is 16.2 Å². The number of alkyl halides is 3. The van der Waals surface area contributed by atoms with E-state index in [0.29, 0.717) is 11.3 Å². The molecule has 0 aliphatic heterocycles. The number of rotatable bonds is 7. The van der Waals surface area contributed by atoms with E-state index < -0.39 is 43.3 Å². The third-order valence-corrected chi connectivity index (χ3v) is 8.41. The van der Waals surface area contributed by atoms with Gasteiger partial charge < -0.3 is 5.32 Å². The lowest BCUT2D eigenvalue weighted by molar-refractivity contribution is -0.137. The first kappa shape index (κ1) is 27.9. The molecule has 0 spiro atoms. The number of amides is 1. The van der Waals surface area contributed by atoms with E-state index in [-0.39, 0.29) is 27.2 Å². The monoisotopic (exact) mass is 557 g/mol. The molecule has 3 rings (SSSR count). The number of nitrogens with zero attached hydrogens (tertiary/aromatic N) is 2. The zero-order chi connectivity index (χ0) is 27.8. The molecule has 1 heterocycles. The normalized spacial score (nSPS) is 12.3. The molecule has 0 fully saturated rings. The maximum absolute atomic E-state index is 13.1. The summed E-state index contributed by atoms with van der Waals surface area (Å²) < 4.78 is 88.2. The van der Waals surface area contributed by atoms with E-state index in [9.17, 15) is 39.6 Å². The Labute approximate surface area is 211 Å². The van der Waals surface area contributed by atoms with Gasteiger partial charge in [0.25, 0.3) is 11.5 Å². The van der Waals surface area contributed by atoms with Gasteiger partial charge in [-0.25, -0.2) is 16.8 Å². The molecular formula is C23H22F3N3O6S2. The minimum atomic E-state index is -4.61. The highest BCUT2D eigenvalue weighted by Gasteiger charge is 2.31. The third kappa shape index (κ3) is 6.38. The second-order valence-electron chi connectivity index (χ2n) is 8.15. The summed E-state index contributed by atoms with van der Waals surface area (Å²) in [7, 11) is -8.24. The molecule has 37 heavy (non-hydrogen) atoms. The topological polar surface area (TPSA) is 123 Å². The van der Waals surface area contributed by atoms with Crippen LogP contribution in [-0.4, -0.2) is 39.8 Å². The Morgan fingerprint density at radius 2 is 1.54 bits per heavy atom. The molecular weight excluding hydrogens is 535 g/mol. The van der Waals surface area contributed by atoms with Crippen molar-refractivity contribution < 1.29 is 34.8 Å². The fourth-order valence-corrected chi connectivity index (χ4v) is 6.56. The fraction of sp³-hybridized carbons (Fsp3) is 0.217. The SMILES string of the molecule is Cc1ccc(C(=O)NCc2ccc(N(S(C)(=O)=O)S(C)(=O)=O)cc2)c(=O)n1-c1cccc(C(F)(F)F)c1. The van der Waals surface area contributed by atoms with Crippen molar-refractivity contribution in [2.45, 2.75) is 19.6 Å². The largest absolute Gasteiger partial charge is 0.416 e. The first-order chi connectivity index (χ1) is 17.0. The molecule has 1 aromatic heterocycles. The van der Waals surface area contributed by atoms with Gasteiger partial charge in [-0.3, -0.25) is 14.2 Å². The van der Waals surface area contributed by atoms with E-state index in [1.54, 1.807) is 0 Å². The van der Waals surface area contributed by atoms with Crippen LogP contribution in [0.5, 0.6) is 0 Å².